The van der Waals surface area contributed by atoms with Crippen LogP contribution in [0.5, 0.6) is 5.88 Å². The first-order chi connectivity index (χ1) is 7.25. The Morgan fingerprint density at radius 1 is 1.67 bits per heavy atom. The molecule has 1 aromatic heterocycles. The first-order valence-electron chi connectivity index (χ1n) is 4.78. The quantitative estimate of drug-likeness (QED) is 0.848. The average molecular weight is 227 g/mol. The van der Waals surface area contributed by atoms with Gasteiger partial charge in [-0.1, -0.05) is 11.6 Å². The molecule has 1 unspecified atom stereocenters. The molecule has 1 aromatic rings. The van der Waals surface area contributed by atoms with Gasteiger partial charge in [0.15, 0.2) is 0 Å². The summed E-state index contributed by atoms with van der Waals surface area (Å²) in [7, 11) is 0. The van der Waals surface area contributed by atoms with Gasteiger partial charge in [0.2, 0.25) is 11.8 Å². The van der Waals surface area contributed by atoms with E-state index in [4.69, 9.17) is 16.3 Å². The van der Waals surface area contributed by atoms with Gasteiger partial charge in [0.25, 0.3) is 0 Å². The number of pyridine rings is 1. The number of rotatable bonds is 3. The number of nitrogens with one attached hydrogen (secondary N) is 1. The van der Waals surface area contributed by atoms with Crippen LogP contribution in [0.4, 0.5) is 0 Å². The van der Waals surface area contributed by atoms with E-state index in [1.165, 1.54) is 0 Å². The van der Waals surface area contributed by atoms with Crippen molar-refractivity contribution in [3.63, 3.8) is 0 Å². The molecular weight excluding hydrogens is 216 g/mol. The van der Waals surface area contributed by atoms with Crippen LogP contribution in [0.2, 0.25) is 5.02 Å². The van der Waals surface area contributed by atoms with Gasteiger partial charge in [-0.25, -0.2) is 4.98 Å². The Hall–Kier alpha value is -1.29. The molecule has 0 spiro atoms. The molecule has 1 aliphatic rings. The third kappa shape index (κ3) is 2.59. The van der Waals surface area contributed by atoms with Gasteiger partial charge >= 0.3 is 0 Å². The van der Waals surface area contributed by atoms with E-state index < -0.39 is 0 Å². The maximum Gasteiger partial charge on any atom is 0.232 e. The number of ether oxygens (including phenoxy) is 1. The summed E-state index contributed by atoms with van der Waals surface area (Å²) in [6.07, 6.45) is 3.00. The van der Waals surface area contributed by atoms with E-state index in [0.717, 1.165) is 6.42 Å². The fraction of sp³-hybridized carbons (Fsp3) is 0.400. The number of amides is 1. The molecule has 4 nitrogen and oxygen atoms in total. The van der Waals surface area contributed by atoms with Crippen molar-refractivity contribution in [2.45, 2.75) is 18.9 Å². The standard InChI is InChI=1S/C10H11ClN2O2/c11-8-2-1-5-12-10(8)15-6-7-3-4-9(14)13-7/h1-2,5,7H,3-4,6H2,(H,13,14). The minimum atomic E-state index is 0.0792. The summed E-state index contributed by atoms with van der Waals surface area (Å²) >= 11 is 5.86. The van der Waals surface area contributed by atoms with Gasteiger partial charge in [0.05, 0.1) is 6.04 Å². The third-order valence-electron chi connectivity index (χ3n) is 2.23. The van der Waals surface area contributed by atoms with Gasteiger partial charge in [-0.15, -0.1) is 0 Å². The van der Waals surface area contributed by atoms with Crippen molar-refractivity contribution in [2.75, 3.05) is 6.61 Å². The van der Waals surface area contributed by atoms with Crippen molar-refractivity contribution in [1.29, 1.82) is 0 Å². The summed E-state index contributed by atoms with van der Waals surface area (Å²) in [5.74, 6) is 0.496. The van der Waals surface area contributed by atoms with Gasteiger partial charge in [0, 0.05) is 12.6 Å². The Morgan fingerprint density at radius 3 is 3.20 bits per heavy atom. The Kier molecular flexibility index (Phi) is 3.06. The minimum Gasteiger partial charge on any atom is -0.474 e. The van der Waals surface area contributed by atoms with Gasteiger partial charge in [-0.3, -0.25) is 4.79 Å². The van der Waals surface area contributed by atoms with Crippen LogP contribution in [0.3, 0.4) is 0 Å². The lowest BCUT2D eigenvalue weighted by molar-refractivity contribution is -0.119. The highest BCUT2D eigenvalue weighted by atomic mass is 35.5. The van der Waals surface area contributed by atoms with Crippen LogP contribution in [0, 0.1) is 0 Å². The third-order valence-corrected chi connectivity index (χ3v) is 2.52. The van der Waals surface area contributed by atoms with E-state index >= 15 is 0 Å². The number of aromatic nitrogens is 1. The van der Waals surface area contributed by atoms with Crippen LogP contribution < -0.4 is 10.1 Å². The van der Waals surface area contributed by atoms with Crippen molar-refractivity contribution < 1.29 is 9.53 Å². The molecule has 1 saturated heterocycles. The van der Waals surface area contributed by atoms with Gasteiger partial charge < -0.3 is 10.1 Å². The Balaban J connectivity index is 1.88. The molecule has 2 heterocycles. The molecule has 0 radical (unpaired) electrons. The van der Waals surface area contributed by atoms with Crippen molar-refractivity contribution in [3.8, 4) is 5.88 Å². The van der Waals surface area contributed by atoms with Gasteiger partial charge in [-0.2, -0.15) is 0 Å². The van der Waals surface area contributed by atoms with Crippen LogP contribution in [0.1, 0.15) is 12.8 Å². The predicted octanol–water partition coefficient (Wildman–Crippen LogP) is 1.39. The normalized spacial score (nSPS) is 20.1. The predicted molar refractivity (Wildman–Crippen MR) is 55.9 cm³/mol. The van der Waals surface area contributed by atoms with E-state index in [0.29, 0.717) is 23.9 Å². The monoisotopic (exact) mass is 226 g/mol. The summed E-state index contributed by atoms with van der Waals surface area (Å²) < 4.78 is 5.41. The number of nitrogens with zero attached hydrogens (tertiary/aromatic N) is 1. The molecule has 1 aliphatic heterocycles. The molecule has 1 atom stereocenters. The van der Waals surface area contributed by atoms with E-state index in [1.54, 1.807) is 18.3 Å². The van der Waals surface area contributed by atoms with Crippen LogP contribution >= 0.6 is 11.6 Å². The Labute approximate surface area is 92.6 Å². The average Bonchev–Trinajstić information content (AvgIpc) is 2.63. The lowest BCUT2D eigenvalue weighted by atomic mass is 10.2. The lowest BCUT2D eigenvalue weighted by Gasteiger charge is -2.11. The molecule has 15 heavy (non-hydrogen) atoms. The second-order valence-electron chi connectivity index (χ2n) is 3.40. The fourth-order valence-electron chi connectivity index (χ4n) is 1.46. The van der Waals surface area contributed by atoms with Crippen molar-refractivity contribution in [3.05, 3.63) is 23.4 Å². The second kappa shape index (κ2) is 4.49. The SMILES string of the molecule is O=C1CCC(COc2ncccc2Cl)N1. The molecule has 5 heteroatoms. The zero-order valence-electron chi connectivity index (χ0n) is 8.07. The molecule has 1 amide bonds. The van der Waals surface area contributed by atoms with Crippen molar-refractivity contribution >= 4 is 17.5 Å². The molecule has 0 bridgehead atoms. The Morgan fingerprint density at radius 2 is 2.53 bits per heavy atom. The summed E-state index contributed by atoms with van der Waals surface area (Å²) in [6, 6.07) is 3.54. The van der Waals surface area contributed by atoms with Crippen molar-refractivity contribution in [1.82, 2.24) is 10.3 Å². The molecule has 0 aliphatic carbocycles. The first-order valence-corrected chi connectivity index (χ1v) is 5.16. The van der Waals surface area contributed by atoms with Crippen molar-refractivity contribution in [2.24, 2.45) is 0 Å². The molecule has 0 saturated carbocycles. The van der Waals surface area contributed by atoms with E-state index in [-0.39, 0.29) is 11.9 Å². The zero-order chi connectivity index (χ0) is 10.7. The molecule has 1 fully saturated rings. The highest BCUT2D eigenvalue weighted by Crippen LogP contribution is 2.20. The van der Waals surface area contributed by atoms with Crippen LogP contribution in [-0.4, -0.2) is 23.5 Å². The maximum atomic E-state index is 10.9. The second-order valence-corrected chi connectivity index (χ2v) is 3.81. The van der Waals surface area contributed by atoms with E-state index in [1.807, 2.05) is 0 Å². The molecule has 0 aromatic carbocycles. The number of halogens is 1. The van der Waals surface area contributed by atoms with Crippen LogP contribution in [-0.2, 0) is 4.79 Å². The highest BCUT2D eigenvalue weighted by Gasteiger charge is 2.21. The lowest BCUT2D eigenvalue weighted by Crippen LogP contribution is -2.31. The topological polar surface area (TPSA) is 51.2 Å². The summed E-state index contributed by atoms with van der Waals surface area (Å²) in [4.78, 5) is 14.9. The molecule has 80 valence electrons. The molecule has 1 N–H and O–H groups in total. The zero-order valence-corrected chi connectivity index (χ0v) is 8.83. The summed E-state index contributed by atoms with van der Waals surface area (Å²) in [5, 5.41) is 3.30. The smallest absolute Gasteiger partial charge is 0.232 e. The van der Waals surface area contributed by atoms with Gasteiger partial charge in [-0.05, 0) is 18.6 Å². The number of carbonyl (C=O) groups is 1. The first kappa shape index (κ1) is 10.2. The highest BCUT2D eigenvalue weighted by molar-refractivity contribution is 6.31. The minimum absolute atomic E-state index is 0.0792. The molecular formula is C10H11ClN2O2. The largest absolute Gasteiger partial charge is 0.474 e. The number of carbonyl (C=O) groups excluding carboxylic acids is 1. The summed E-state index contributed by atoms with van der Waals surface area (Å²) in [6.45, 7) is 0.419. The number of hydrogen-bond acceptors (Lipinski definition) is 3. The Bertz CT molecular complexity index is 370. The fourth-order valence-corrected chi connectivity index (χ4v) is 1.64. The molecule has 2 rings (SSSR count). The maximum absolute atomic E-state index is 10.9. The van der Waals surface area contributed by atoms with Gasteiger partial charge in [0.1, 0.15) is 11.6 Å². The number of hydrogen-bond donors (Lipinski definition) is 1. The van der Waals surface area contributed by atoms with Crippen LogP contribution in [0.15, 0.2) is 18.3 Å². The van der Waals surface area contributed by atoms with E-state index in [9.17, 15) is 4.79 Å². The van der Waals surface area contributed by atoms with Crippen LogP contribution in [0.25, 0.3) is 0 Å². The van der Waals surface area contributed by atoms with E-state index in [2.05, 4.69) is 10.3 Å². The summed E-state index contributed by atoms with van der Waals surface area (Å²) in [5.41, 5.74) is 0.